The first-order valence-electron chi connectivity index (χ1n) is 6.38. The Balaban J connectivity index is 2.64. The Kier molecular flexibility index (Phi) is 6.29. The highest BCUT2D eigenvalue weighted by atomic mass is 19.1. The average Bonchev–Trinajstić information content (AvgIpc) is 2.43. The quantitative estimate of drug-likeness (QED) is 0.766. The number of ether oxygens (including phenoxy) is 1. The first-order valence-corrected chi connectivity index (χ1v) is 6.38. The highest BCUT2D eigenvalue weighted by Crippen LogP contribution is 2.16. The number of carbonyl (C=O) groups excluding carboxylic acids is 1. The van der Waals surface area contributed by atoms with Gasteiger partial charge in [0.2, 0.25) is 0 Å². The van der Waals surface area contributed by atoms with Gasteiger partial charge in [0.05, 0.1) is 7.11 Å². The lowest BCUT2D eigenvalue weighted by atomic mass is 10.2. The fourth-order valence-electron chi connectivity index (χ4n) is 1.95. The summed E-state index contributed by atoms with van der Waals surface area (Å²) in [6.45, 7) is 3.40. The van der Waals surface area contributed by atoms with Crippen LogP contribution in [-0.4, -0.2) is 39.3 Å². The lowest BCUT2D eigenvalue weighted by Crippen LogP contribution is -2.38. The maximum atomic E-state index is 13.2. The monoisotopic (exact) mass is 268 g/mol. The largest absolute Gasteiger partial charge is 0.468 e. The number of halogens is 1. The molecule has 1 unspecified atom stereocenters. The average molecular weight is 268 g/mol. The third kappa shape index (κ3) is 4.52. The van der Waals surface area contributed by atoms with Gasteiger partial charge in [0.1, 0.15) is 11.9 Å². The zero-order valence-corrected chi connectivity index (χ0v) is 11.6. The van der Waals surface area contributed by atoms with E-state index in [1.165, 1.54) is 19.2 Å². The van der Waals surface area contributed by atoms with Crippen LogP contribution in [0.3, 0.4) is 0 Å². The van der Waals surface area contributed by atoms with Crippen molar-refractivity contribution in [3.05, 3.63) is 30.1 Å². The molecule has 0 heterocycles. The van der Waals surface area contributed by atoms with Gasteiger partial charge in [0.25, 0.3) is 0 Å². The lowest BCUT2D eigenvalue weighted by Gasteiger charge is -2.25. The fraction of sp³-hybridized carbons (Fsp3) is 0.500. The molecule has 5 heteroatoms. The molecule has 1 aromatic rings. The first-order chi connectivity index (χ1) is 9.12. The van der Waals surface area contributed by atoms with E-state index in [9.17, 15) is 9.18 Å². The molecule has 4 nitrogen and oxygen atoms in total. The maximum Gasteiger partial charge on any atom is 0.322 e. The molecule has 0 saturated carbocycles. The molecule has 0 spiro atoms. The zero-order chi connectivity index (χ0) is 14.3. The van der Waals surface area contributed by atoms with Gasteiger partial charge >= 0.3 is 5.97 Å². The first kappa shape index (κ1) is 15.4. The van der Waals surface area contributed by atoms with Crippen molar-refractivity contribution >= 4 is 11.7 Å². The Bertz CT molecular complexity index is 412. The van der Waals surface area contributed by atoms with Gasteiger partial charge in [-0.05, 0) is 38.6 Å². The van der Waals surface area contributed by atoms with E-state index >= 15 is 0 Å². The minimum absolute atomic E-state index is 0.255. The van der Waals surface area contributed by atoms with Gasteiger partial charge in [-0.2, -0.15) is 0 Å². The number of esters is 1. The lowest BCUT2D eigenvalue weighted by molar-refractivity contribution is -0.143. The third-order valence-electron chi connectivity index (χ3n) is 3.08. The zero-order valence-electron chi connectivity index (χ0n) is 11.6. The number of rotatable bonds is 7. The maximum absolute atomic E-state index is 13.2. The molecule has 1 N–H and O–H groups in total. The van der Waals surface area contributed by atoms with Crippen molar-refractivity contribution in [2.75, 3.05) is 32.1 Å². The van der Waals surface area contributed by atoms with Crippen LogP contribution in [0.25, 0.3) is 0 Å². The number of anilines is 1. The Morgan fingerprint density at radius 1 is 1.53 bits per heavy atom. The number of nitrogens with zero attached hydrogens (tertiary/aromatic N) is 1. The van der Waals surface area contributed by atoms with E-state index in [0.29, 0.717) is 13.0 Å². The van der Waals surface area contributed by atoms with Crippen molar-refractivity contribution in [2.24, 2.45) is 0 Å². The van der Waals surface area contributed by atoms with Crippen LogP contribution in [0.1, 0.15) is 13.3 Å². The second-order valence-electron chi connectivity index (χ2n) is 4.21. The smallest absolute Gasteiger partial charge is 0.322 e. The van der Waals surface area contributed by atoms with Crippen LogP contribution in [0.4, 0.5) is 10.1 Å². The molecule has 0 aliphatic rings. The summed E-state index contributed by atoms with van der Waals surface area (Å²) < 4.78 is 17.9. The summed E-state index contributed by atoms with van der Waals surface area (Å²) >= 11 is 0. The predicted molar refractivity (Wildman–Crippen MR) is 73.8 cm³/mol. The van der Waals surface area contributed by atoms with E-state index in [4.69, 9.17) is 4.74 Å². The molecular weight excluding hydrogens is 247 g/mol. The molecule has 106 valence electrons. The van der Waals surface area contributed by atoms with Crippen LogP contribution in [-0.2, 0) is 9.53 Å². The van der Waals surface area contributed by atoms with Crippen LogP contribution >= 0.6 is 0 Å². The van der Waals surface area contributed by atoms with E-state index in [2.05, 4.69) is 5.32 Å². The van der Waals surface area contributed by atoms with Crippen LogP contribution in [0.2, 0.25) is 0 Å². The Morgan fingerprint density at radius 3 is 2.79 bits per heavy atom. The molecule has 19 heavy (non-hydrogen) atoms. The molecule has 0 aliphatic heterocycles. The summed E-state index contributed by atoms with van der Waals surface area (Å²) in [6, 6.07) is 6.12. The Hall–Kier alpha value is -1.62. The molecule has 1 rings (SSSR count). The highest BCUT2D eigenvalue weighted by molar-refractivity contribution is 5.75. The van der Waals surface area contributed by atoms with Crippen molar-refractivity contribution in [1.82, 2.24) is 5.32 Å². The Morgan fingerprint density at radius 2 is 2.26 bits per heavy atom. The van der Waals surface area contributed by atoms with Gasteiger partial charge in [-0.1, -0.05) is 6.07 Å². The normalized spacial score (nSPS) is 12.0. The number of methoxy groups -OCH3 is 1. The van der Waals surface area contributed by atoms with Gasteiger partial charge < -0.3 is 15.0 Å². The van der Waals surface area contributed by atoms with Crippen molar-refractivity contribution < 1.29 is 13.9 Å². The summed E-state index contributed by atoms with van der Waals surface area (Å²) in [7, 11) is 3.09. The number of carbonyl (C=O) groups is 1. The topological polar surface area (TPSA) is 41.6 Å². The van der Waals surface area contributed by atoms with E-state index in [1.54, 1.807) is 13.1 Å². The number of likely N-dealkylation sites (N-methyl/N-ethyl adjacent to an activating group) is 1. The van der Waals surface area contributed by atoms with Crippen LogP contribution in [0.15, 0.2) is 24.3 Å². The number of hydrogen-bond donors (Lipinski definition) is 1. The SMILES string of the molecule is CCN(CCC(NC)C(=O)OC)c1cccc(F)c1. The van der Waals surface area contributed by atoms with Gasteiger partial charge in [-0.3, -0.25) is 4.79 Å². The minimum atomic E-state index is -0.340. The van der Waals surface area contributed by atoms with Crippen molar-refractivity contribution in [1.29, 1.82) is 0 Å². The Labute approximate surface area is 113 Å². The van der Waals surface area contributed by atoms with E-state index in [1.807, 2.05) is 17.9 Å². The van der Waals surface area contributed by atoms with Gasteiger partial charge in [0, 0.05) is 18.8 Å². The van der Waals surface area contributed by atoms with Gasteiger partial charge in [-0.15, -0.1) is 0 Å². The molecule has 0 bridgehead atoms. The summed E-state index contributed by atoms with van der Waals surface area (Å²) in [5.41, 5.74) is 0.821. The fourth-order valence-corrected chi connectivity index (χ4v) is 1.95. The van der Waals surface area contributed by atoms with Crippen molar-refractivity contribution in [3.8, 4) is 0 Å². The van der Waals surface area contributed by atoms with E-state index in [-0.39, 0.29) is 17.8 Å². The number of nitrogens with one attached hydrogen (secondary N) is 1. The standard InChI is InChI=1S/C14H21FN2O2/c1-4-17(12-7-5-6-11(15)10-12)9-8-13(16-2)14(18)19-3/h5-7,10,13,16H,4,8-9H2,1-3H3. The number of hydrogen-bond acceptors (Lipinski definition) is 4. The molecule has 1 atom stereocenters. The summed E-state index contributed by atoms with van der Waals surface area (Å²) in [4.78, 5) is 13.5. The molecule has 0 amide bonds. The van der Waals surface area contributed by atoms with Crippen LogP contribution in [0, 0.1) is 5.82 Å². The second-order valence-corrected chi connectivity index (χ2v) is 4.21. The summed E-state index contributed by atoms with van der Waals surface area (Å²) in [5.74, 6) is -0.535. The highest BCUT2D eigenvalue weighted by Gasteiger charge is 2.17. The minimum Gasteiger partial charge on any atom is -0.468 e. The predicted octanol–water partition coefficient (Wildman–Crippen LogP) is 1.80. The molecule has 0 aliphatic carbocycles. The summed E-state index contributed by atoms with van der Waals surface area (Å²) in [6.07, 6.45) is 0.605. The molecule has 1 aromatic carbocycles. The van der Waals surface area contributed by atoms with E-state index < -0.39 is 0 Å². The van der Waals surface area contributed by atoms with E-state index in [0.717, 1.165) is 12.2 Å². The third-order valence-corrected chi connectivity index (χ3v) is 3.08. The van der Waals surface area contributed by atoms with Crippen molar-refractivity contribution in [2.45, 2.75) is 19.4 Å². The summed E-state index contributed by atoms with van der Waals surface area (Å²) in [5, 5.41) is 2.92. The van der Waals surface area contributed by atoms with Crippen molar-refractivity contribution in [3.63, 3.8) is 0 Å². The molecule has 0 radical (unpaired) electrons. The molecule has 0 fully saturated rings. The van der Waals surface area contributed by atoms with Crippen LogP contribution in [0.5, 0.6) is 0 Å². The molecular formula is C14H21FN2O2. The van der Waals surface area contributed by atoms with Gasteiger partial charge in [-0.25, -0.2) is 4.39 Å². The van der Waals surface area contributed by atoms with Gasteiger partial charge in [0.15, 0.2) is 0 Å². The number of benzene rings is 1. The second kappa shape index (κ2) is 7.74. The molecule has 0 aromatic heterocycles. The van der Waals surface area contributed by atoms with Crippen LogP contribution < -0.4 is 10.2 Å². The molecule has 0 saturated heterocycles.